The number of hydrogen-bond acceptors (Lipinski definition) is 7. The predicted molar refractivity (Wildman–Crippen MR) is 175 cm³/mol. The maximum atomic E-state index is 12.8. The molecular weight excluding hydrogens is 586 g/mol. The number of carbonyl (C=O) groups is 3. The molecule has 0 bridgehead atoms. The van der Waals surface area contributed by atoms with Crippen LogP contribution in [-0.4, -0.2) is 37.5 Å². The molecule has 0 aromatic heterocycles. The highest BCUT2D eigenvalue weighted by Gasteiger charge is 2.14. The van der Waals surface area contributed by atoms with Crippen LogP contribution in [0.25, 0.3) is 0 Å². The van der Waals surface area contributed by atoms with E-state index in [1.54, 1.807) is 103 Å². The van der Waals surface area contributed by atoms with E-state index in [-0.39, 0.29) is 31.4 Å². The highest BCUT2D eigenvalue weighted by atomic mass is 16.5. The van der Waals surface area contributed by atoms with Crippen LogP contribution in [0.1, 0.15) is 0 Å². The Bertz CT molecular complexity index is 1750. The number of amides is 3. The number of para-hydroxylation sites is 3. The van der Waals surface area contributed by atoms with Crippen LogP contribution in [0.15, 0.2) is 133 Å². The third-order valence-corrected chi connectivity index (χ3v) is 6.23. The van der Waals surface area contributed by atoms with Crippen molar-refractivity contribution >= 4 is 34.8 Å². The Balaban J connectivity index is 1.25. The number of rotatable bonds is 14. The van der Waals surface area contributed by atoms with Gasteiger partial charge in [-0.15, -0.1) is 0 Å². The second kappa shape index (κ2) is 16.0. The molecule has 0 radical (unpaired) electrons. The lowest BCUT2D eigenvalue weighted by atomic mass is 10.2. The first-order chi connectivity index (χ1) is 22.5. The highest BCUT2D eigenvalue weighted by molar-refractivity contribution is 6.00. The molecule has 0 spiro atoms. The van der Waals surface area contributed by atoms with E-state index in [2.05, 4.69) is 16.0 Å². The van der Waals surface area contributed by atoms with Crippen molar-refractivity contribution in [2.75, 3.05) is 35.8 Å². The van der Waals surface area contributed by atoms with Crippen molar-refractivity contribution in [1.82, 2.24) is 0 Å². The normalized spacial score (nSPS) is 10.3. The number of anilines is 3. The van der Waals surface area contributed by atoms with Crippen LogP contribution in [-0.2, 0) is 14.4 Å². The monoisotopic (exact) mass is 617 g/mol. The Kier molecular flexibility index (Phi) is 10.8. The molecule has 0 aliphatic rings. The van der Waals surface area contributed by atoms with Crippen molar-refractivity contribution in [1.29, 1.82) is 0 Å². The van der Waals surface area contributed by atoms with Crippen molar-refractivity contribution in [3.63, 3.8) is 0 Å². The second-order valence-corrected chi connectivity index (χ2v) is 9.79. The van der Waals surface area contributed by atoms with Crippen LogP contribution in [0, 0.1) is 0 Å². The van der Waals surface area contributed by atoms with E-state index >= 15 is 0 Å². The summed E-state index contributed by atoms with van der Waals surface area (Å²) in [5.74, 6) is 1.28. The molecule has 0 saturated heterocycles. The van der Waals surface area contributed by atoms with Crippen LogP contribution >= 0.6 is 0 Å². The SMILES string of the molecule is O=C(COc1ccccc1)Nc1cccc(Oc2ccc(NC(=O)COc3ccccc3)c(NC(=O)COc3ccccc3)c2)c1. The lowest BCUT2D eigenvalue weighted by Gasteiger charge is -2.15. The van der Waals surface area contributed by atoms with Gasteiger partial charge >= 0.3 is 0 Å². The first kappa shape index (κ1) is 31.1. The minimum absolute atomic E-state index is 0.157. The summed E-state index contributed by atoms with van der Waals surface area (Å²) in [4.78, 5) is 38.0. The zero-order chi connectivity index (χ0) is 32.0. The quantitative estimate of drug-likeness (QED) is 0.129. The molecule has 3 amide bonds. The van der Waals surface area contributed by atoms with Gasteiger partial charge in [0.1, 0.15) is 28.7 Å². The van der Waals surface area contributed by atoms with E-state index in [0.29, 0.717) is 40.1 Å². The van der Waals surface area contributed by atoms with Crippen LogP contribution in [0.4, 0.5) is 17.1 Å². The van der Waals surface area contributed by atoms with Gasteiger partial charge in [0.05, 0.1) is 11.4 Å². The van der Waals surface area contributed by atoms with E-state index in [9.17, 15) is 14.4 Å². The molecular formula is C36H31N3O7. The number of hydrogen-bond donors (Lipinski definition) is 3. The molecule has 0 fully saturated rings. The molecule has 232 valence electrons. The maximum Gasteiger partial charge on any atom is 0.262 e. The van der Waals surface area contributed by atoms with Crippen LogP contribution in [0.3, 0.4) is 0 Å². The summed E-state index contributed by atoms with van der Waals surface area (Å²) in [6, 6.07) is 38.6. The summed E-state index contributed by atoms with van der Waals surface area (Å²) in [5, 5.41) is 8.34. The third kappa shape index (κ3) is 9.88. The summed E-state index contributed by atoms with van der Waals surface area (Å²) in [7, 11) is 0. The molecule has 0 unspecified atom stereocenters. The van der Waals surface area contributed by atoms with Crippen molar-refractivity contribution in [3.8, 4) is 28.7 Å². The summed E-state index contributed by atoms with van der Waals surface area (Å²) in [6.07, 6.45) is 0. The molecule has 46 heavy (non-hydrogen) atoms. The lowest BCUT2D eigenvalue weighted by Crippen LogP contribution is -2.23. The molecule has 0 saturated carbocycles. The number of benzene rings is 5. The molecule has 5 aromatic carbocycles. The molecule has 0 aliphatic heterocycles. The fraction of sp³-hybridized carbons (Fsp3) is 0.0833. The first-order valence-electron chi connectivity index (χ1n) is 14.4. The summed E-state index contributed by atoms with van der Waals surface area (Å²) < 4.78 is 22.7. The maximum absolute atomic E-state index is 12.8. The Hall–Kier alpha value is -6.29. The fourth-order valence-electron chi connectivity index (χ4n) is 4.14. The zero-order valence-electron chi connectivity index (χ0n) is 24.7. The summed E-state index contributed by atoms with van der Waals surface area (Å²) in [5.41, 5.74) is 1.13. The van der Waals surface area contributed by atoms with Gasteiger partial charge in [0.2, 0.25) is 0 Å². The van der Waals surface area contributed by atoms with Gasteiger partial charge in [0.15, 0.2) is 19.8 Å². The molecule has 0 aliphatic carbocycles. The second-order valence-electron chi connectivity index (χ2n) is 9.79. The van der Waals surface area contributed by atoms with Crippen molar-refractivity contribution < 1.29 is 33.3 Å². The van der Waals surface area contributed by atoms with Gasteiger partial charge in [0, 0.05) is 17.8 Å². The van der Waals surface area contributed by atoms with Crippen molar-refractivity contribution in [3.05, 3.63) is 133 Å². The predicted octanol–water partition coefficient (Wildman–Crippen LogP) is 6.53. The van der Waals surface area contributed by atoms with Gasteiger partial charge in [0.25, 0.3) is 17.7 Å². The zero-order valence-corrected chi connectivity index (χ0v) is 24.7. The summed E-state index contributed by atoms with van der Waals surface area (Å²) in [6.45, 7) is -0.646. The van der Waals surface area contributed by atoms with E-state index in [1.807, 2.05) is 30.3 Å². The molecule has 10 nitrogen and oxygen atoms in total. The average molecular weight is 618 g/mol. The molecule has 5 aromatic rings. The molecule has 5 rings (SSSR count). The van der Waals surface area contributed by atoms with Gasteiger partial charge in [-0.3, -0.25) is 14.4 Å². The Morgan fingerprint density at radius 3 is 1.37 bits per heavy atom. The third-order valence-electron chi connectivity index (χ3n) is 6.23. The Labute approximate surface area is 265 Å². The van der Waals surface area contributed by atoms with Gasteiger partial charge in [-0.05, 0) is 60.7 Å². The molecule has 0 atom stereocenters. The van der Waals surface area contributed by atoms with Gasteiger partial charge < -0.3 is 34.9 Å². The minimum atomic E-state index is -0.445. The van der Waals surface area contributed by atoms with E-state index in [4.69, 9.17) is 18.9 Å². The number of carbonyl (C=O) groups excluding carboxylic acids is 3. The molecule has 3 N–H and O–H groups in total. The Morgan fingerprint density at radius 2 is 0.848 bits per heavy atom. The topological polar surface area (TPSA) is 124 Å². The van der Waals surface area contributed by atoms with Crippen LogP contribution in [0.5, 0.6) is 28.7 Å². The van der Waals surface area contributed by atoms with Gasteiger partial charge in [-0.2, -0.15) is 0 Å². The number of nitrogens with one attached hydrogen (secondary N) is 3. The average Bonchev–Trinajstić information content (AvgIpc) is 3.08. The van der Waals surface area contributed by atoms with Crippen molar-refractivity contribution in [2.24, 2.45) is 0 Å². The van der Waals surface area contributed by atoms with E-state index < -0.39 is 11.8 Å². The van der Waals surface area contributed by atoms with Gasteiger partial charge in [-0.25, -0.2) is 0 Å². The largest absolute Gasteiger partial charge is 0.484 e. The smallest absolute Gasteiger partial charge is 0.262 e. The minimum Gasteiger partial charge on any atom is -0.484 e. The summed E-state index contributed by atoms with van der Waals surface area (Å²) >= 11 is 0. The van der Waals surface area contributed by atoms with Crippen molar-refractivity contribution in [2.45, 2.75) is 0 Å². The standard InChI is InChI=1S/C36H31N3O7/c40-34(23-43-27-12-4-1-5-13-27)37-26-11-10-18-30(21-26)46-31-19-20-32(38-35(41)24-44-28-14-6-2-7-15-28)33(22-31)39-36(42)25-45-29-16-8-3-9-17-29/h1-22H,23-25H2,(H,37,40)(H,38,41)(H,39,42). The van der Waals surface area contributed by atoms with E-state index in [1.165, 1.54) is 0 Å². The molecule has 10 heteroatoms. The van der Waals surface area contributed by atoms with Crippen LogP contribution < -0.4 is 34.9 Å². The molecule has 0 heterocycles. The fourth-order valence-corrected chi connectivity index (χ4v) is 4.14. The number of ether oxygens (including phenoxy) is 4. The highest BCUT2D eigenvalue weighted by Crippen LogP contribution is 2.31. The Morgan fingerprint density at radius 1 is 0.413 bits per heavy atom. The first-order valence-corrected chi connectivity index (χ1v) is 14.4. The van der Waals surface area contributed by atoms with Crippen LogP contribution in [0.2, 0.25) is 0 Å². The lowest BCUT2D eigenvalue weighted by molar-refractivity contribution is -0.119. The van der Waals surface area contributed by atoms with E-state index in [0.717, 1.165) is 0 Å². The van der Waals surface area contributed by atoms with Gasteiger partial charge in [-0.1, -0.05) is 60.7 Å².